The fourth-order valence-corrected chi connectivity index (χ4v) is 0.512. The van der Waals surface area contributed by atoms with Crippen LogP contribution in [0, 0.1) is 0 Å². The molecular formula is C6H12O2S. The van der Waals surface area contributed by atoms with Gasteiger partial charge in [0.1, 0.15) is 6.61 Å². The molecule has 9 heavy (non-hydrogen) atoms. The summed E-state index contributed by atoms with van der Waals surface area (Å²) in [5.74, 6) is 0.895. The molecule has 3 heteroatoms. The van der Waals surface area contributed by atoms with E-state index in [0.717, 1.165) is 12.2 Å². The Morgan fingerprint density at radius 2 is 2.33 bits per heavy atom. The Kier molecular flexibility index (Phi) is 6.09. The van der Waals surface area contributed by atoms with Crippen LogP contribution < -0.4 is 0 Å². The molecular weight excluding hydrogens is 136 g/mol. The molecule has 0 aliphatic rings. The monoisotopic (exact) mass is 148 g/mol. The zero-order valence-electron chi connectivity index (χ0n) is 5.59. The first kappa shape index (κ1) is 8.98. The van der Waals surface area contributed by atoms with Crippen molar-refractivity contribution in [3.8, 4) is 0 Å². The Morgan fingerprint density at radius 3 is 2.78 bits per heavy atom. The van der Waals surface area contributed by atoms with Crippen LogP contribution in [0.1, 0.15) is 13.3 Å². The Bertz CT molecular complexity index is 83.1. The van der Waals surface area contributed by atoms with Gasteiger partial charge in [-0.05, 0) is 19.1 Å². The molecule has 0 aromatic carbocycles. The molecule has 0 saturated heterocycles. The van der Waals surface area contributed by atoms with Gasteiger partial charge >= 0.3 is 0 Å². The Labute approximate surface area is 61.0 Å². The van der Waals surface area contributed by atoms with Crippen molar-refractivity contribution in [3.05, 3.63) is 0 Å². The largest absolute Gasteiger partial charge is 0.374 e. The van der Waals surface area contributed by atoms with Crippen LogP contribution >= 0.6 is 12.6 Å². The minimum Gasteiger partial charge on any atom is -0.374 e. The summed E-state index contributed by atoms with van der Waals surface area (Å²) in [6.45, 7) is 2.40. The van der Waals surface area contributed by atoms with Gasteiger partial charge in [0.05, 0.1) is 0 Å². The highest BCUT2D eigenvalue weighted by Gasteiger charge is 1.90. The number of ketones is 1. The summed E-state index contributed by atoms with van der Waals surface area (Å²) in [5, 5.41) is 0. The summed E-state index contributed by atoms with van der Waals surface area (Å²) in [6.07, 6.45) is 0.913. The number of carbonyl (C=O) groups is 1. The molecule has 0 fully saturated rings. The third-order valence-electron chi connectivity index (χ3n) is 0.752. The van der Waals surface area contributed by atoms with Crippen molar-refractivity contribution < 1.29 is 9.53 Å². The van der Waals surface area contributed by atoms with Crippen molar-refractivity contribution in [3.63, 3.8) is 0 Å². The fraction of sp³-hybridized carbons (Fsp3) is 0.833. The maximum absolute atomic E-state index is 10.3. The highest BCUT2D eigenvalue weighted by atomic mass is 32.1. The second kappa shape index (κ2) is 6.11. The van der Waals surface area contributed by atoms with Crippen LogP contribution in [-0.4, -0.2) is 24.7 Å². The van der Waals surface area contributed by atoms with E-state index in [0.29, 0.717) is 6.61 Å². The SMILES string of the molecule is CC(=O)COCCCS. The maximum Gasteiger partial charge on any atom is 0.155 e. The van der Waals surface area contributed by atoms with Crippen LogP contribution in [-0.2, 0) is 9.53 Å². The maximum atomic E-state index is 10.3. The third-order valence-corrected chi connectivity index (χ3v) is 1.07. The van der Waals surface area contributed by atoms with Gasteiger partial charge < -0.3 is 4.74 Å². The molecule has 54 valence electrons. The van der Waals surface area contributed by atoms with Gasteiger partial charge in [0, 0.05) is 6.61 Å². The Morgan fingerprint density at radius 1 is 1.67 bits per heavy atom. The van der Waals surface area contributed by atoms with Gasteiger partial charge in [-0.1, -0.05) is 0 Å². The van der Waals surface area contributed by atoms with E-state index in [1.807, 2.05) is 0 Å². The average Bonchev–Trinajstić information content (AvgIpc) is 1.80. The van der Waals surface area contributed by atoms with Crippen molar-refractivity contribution in [2.75, 3.05) is 19.0 Å². The number of hydrogen-bond donors (Lipinski definition) is 1. The molecule has 0 aromatic rings. The summed E-state index contributed by atoms with van der Waals surface area (Å²) >= 11 is 3.98. The molecule has 0 spiro atoms. The van der Waals surface area contributed by atoms with Crippen molar-refractivity contribution >= 4 is 18.4 Å². The van der Waals surface area contributed by atoms with Crippen molar-refractivity contribution in [1.29, 1.82) is 0 Å². The Hall–Kier alpha value is -0.0200. The average molecular weight is 148 g/mol. The van der Waals surface area contributed by atoms with E-state index in [1.54, 1.807) is 0 Å². The second-order valence-corrected chi connectivity index (χ2v) is 2.28. The van der Waals surface area contributed by atoms with Gasteiger partial charge in [0.2, 0.25) is 0 Å². The standard InChI is InChI=1S/C6H12O2S/c1-6(7)5-8-3-2-4-9/h9H,2-5H2,1H3. The molecule has 0 radical (unpaired) electrons. The minimum atomic E-state index is 0.0779. The molecule has 0 bridgehead atoms. The summed E-state index contributed by atoms with van der Waals surface area (Å²) in [4.78, 5) is 10.3. The molecule has 0 rings (SSSR count). The lowest BCUT2D eigenvalue weighted by Gasteiger charge is -1.97. The van der Waals surface area contributed by atoms with Crippen LogP contribution in [0.25, 0.3) is 0 Å². The summed E-state index contributed by atoms with van der Waals surface area (Å²) in [7, 11) is 0. The lowest BCUT2D eigenvalue weighted by molar-refractivity contribution is -0.121. The van der Waals surface area contributed by atoms with Gasteiger partial charge in [0.25, 0.3) is 0 Å². The number of ether oxygens (including phenoxy) is 1. The lowest BCUT2D eigenvalue weighted by Crippen LogP contribution is -2.04. The first-order valence-electron chi connectivity index (χ1n) is 2.95. The zero-order chi connectivity index (χ0) is 7.11. The molecule has 0 heterocycles. The van der Waals surface area contributed by atoms with E-state index >= 15 is 0 Å². The predicted molar refractivity (Wildman–Crippen MR) is 40.0 cm³/mol. The van der Waals surface area contributed by atoms with E-state index in [4.69, 9.17) is 4.74 Å². The molecule has 0 aromatic heterocycles. The summed E-state index contributed by atoms with van der Waals surface area (Å²) < 4.78 is 4.94. The topological polar surface area (TPSA) is 26.3 Å². The smallest absolute Gasteiger partial charge is 0.155 e. The van der Waals surface area contributed by atoms with E-state index in [-0.39, 0.29) is 12.4 Å². The van der Waals surface area contributed by atoms with Gasteiger partial charge in [-0.25, -0.2) is 0 Å². The van der Waals surface area contributed by atoms with Crippen molar-refractivity contribution in [1.82, 2.24) is 0 Å². The molecule has 0 N–H and O–H groups in total. The molecule has 2 nitrogen and oxygen atoms in total. The molecule has 0 atom stereocenters. The van der Waals surface area contributed by atoms with Gasteiger partial charge in [-0.2, -0.15) is 12.6 Å². The van der Waals surface area contributed by atoms with Gasteiger partial charge in [0.15, 0.2) is 5.78 Å². The predicted octanol–water partition coefficient (Wildman–Crippen LogP) is 0.912. The quantitative estimate of drug-likeness (QED) is 0.463. The third kappa shape index (κ3) is 7.98. The number of rotatable bonds is 5. The molecule has 0 amide bonds. The fourth-order valence-electron chi connectivity index (χ4n) is 0.383. The molecule has 0 aliphatic carbocycles. The minimum absolute atomic E-state index is 0.0779. The van der Waals surface area contributed by atoms with Crippen LogP contribution in [0.4, 0.5) is 0 Å². The van der Waals surface area contributed by atoms with E-state index < -0.39 is 0 Å². The summed E-state index contributed by atoms with van der Waals surface area (Å²) in [5.41, 5.74) is 0. The van der Waals surface area contributed by atoms with Crippen molar-refractivity contribution in [2.45, 2.75) is 13.3 Å². The van der Waals surface area contributed by atoms with Crippen molar-refractivity contribution in [2.24, 2.45) is 0 Å². The number of carbonyl (C=O) groups excluding carboxylic acids is 1. The first-order chi connectivity index (χ1) is 4.27. The number of thiol groups is 1. The Balaban J connectivity index is 2.83. The second-order valence-electron chi connectivity index (χ2n) is 1.83. The highest BCUT2D eigenvalue weighted by Crippen LogP contribution is 1.85. The number of hydrogen-bond acceptors (Lipinski definition) is 3. The van der Waals surface area contributed by atoms with Crippen LogP contribution in [0.2, 0.25) is 0 Å². The summed E-state index contributed by atoms with van der Waals surface area (Å²) in [6, 6.07) is 0. The van der Waals surface area contributed by atoms with Crippen LogP contribution in [0.15, 0.2) is 0 Å². The van der Waals surface area contributed by atoms with E-state index in [1.165, 1.54) is 6.92 Å². The van der Waals surface area contributed by atoms with Crippen LogP contribution in [0.5, 0.6) is 0 Å². The van der Waals surface area contributed by atoms with Crippen LogP contribution in [0.3, 0.4) is 0 Å². The van der Waals surface area contributed by atoms with Gasteiger partial charge in [-0.15, -0.1) is 0 Å². The van der Waals surface area contributed by atoms with E-state index in [9.17, 15) is 4.79 Å². The number of Topliss-reactive ketones (excluding diaryl/α,β-unsaturated/α-hetero) is 1. The highest BCUT2D eigenvalue weighted by molar-refractivity contribution is 7.80. The molecule has 0 aliphatic heterocycles. The molecule has 0 unspecified atom stereocenters. The first-order valence-corrected chi connectivity index (χ1v) is 3.58. The van der Waals surface area contributed by atoms with Gasteiger partial charge in [-0.3, -0.25) is 4.79 Å². The molecule has 0 saturated carbocycles. The zero-order valence-corrected chi connectivity index (χ0v) is 6.49. The lowest BCUT2D eigenvalue weighted by atomic mass is 10.5. The van der Waals surface area contributed by atoms with E-state index in [2.05, 4.69) is 12.6 Å². The normalized spacial score (nSPS) is 9.56.